The summed E-state index contributed by atoms with van der Waals surface area (Å²) in [6.07, 6.45) is 2.55. The summed E-state index contributed by atoms with van der Waals surface area (Å²) in [6, 6.07) is 8.88. The number of rotatable bonds is 4. The summed E-state index contributed by atoms with van der Waals surface area (Å²) in [6.45, 7) is 0. The third-order valence-electron chi connectivity index (χ3n) is 2.08. The number of anilines is 1. The smallest absolute Gasteiger partial charge is 0.238 e. The van der Waals surface area contributed by atoms with Crippen LogP contribution in [-0.2, 0) is 15.8 Å². The van der Waals surface area contributed by atoms with E-state index in [4.69, 9.17) is 11.6 Å². The van der Waals surface area contributed by atoms with Gasteiger partial charge in [0.15, 0.2) is 5.82 Å². The molecule has 2 aromatic rings. The molecule has 0 aliphatic heterocycles. The van der Waals surface area contributed by atoms with Crippen LogP contribution in [0.15, 0.2) is 42.7 Å². The van der Waals surface area contributed by atoms with Gasteiger partial charge in [-0.1, -0.05) is 41.9 Å². The highest BCUT2D eigenvalue weighted by molar-refractivity contribution is 7.91. The average Bonchev–Trinajstić information content (AvgIpc) is 2.32. The van der Waals surface area contributed by atoms with E-state index in [1.807, 2.05) is 6.07 Å². The van der Waals surface area contributed by atoms with Gasteiger partial charge in [0.25, 0.3) is 0 Å². The molecule has 1 aromatic heterocycles. The zero-order valence-corrected chi connectivity index (χ0v) is 10.8. The number of nitrogens with zero attached hydrogens (tertiary/aromatic N) is 2. The van der Waals surface area contributed by atoms with Crippen molar-refractivity contribution in [3.63, 3.8) is 0 Å². The lowest BCUT2D eigenvalue weighted by atomic mass is 10.2. The second-order valence-corrected chi connectivity index (χ2v) is 5.68. The van der Waals surface area contributed by atoms with Crippen molar-refractivity contribution in [1.29, 1.82) is 0 Å². The van der Waals surface area contributed by atoms with Gasteiger partial charge in [0.2, 0.25) is 10.0 Å². The predicted octanol–water partition coefficient (Wildman–Crippen LogP) is 2.07. The van der Waals surface area contributed by atoms with E-state index in [2.05, 4.69) is 14.7 Å². The summed E-state index contributed by atoms with van der Waals surface area (Å²) < 4.78 is 26.0. The average molecular weight is 284 g/mol. The number of sulfonamides is 1. The lowest BCUT2D eigenvalue weighted by molar-refractivity contribution is 0.600. The number of hydrogen-bond acceptors (Lipinski definition) is 4. The van der Waals surface area contributed by atoms with E-state index in [-0.39, 0.29) is 16.7 Å². The van der Waals surface area contributed by atoms with Crippen molar-refractivity contribution in [2.75, 3.05) is 4.72 Å². The first kappa shape index (κ1) is 12.8. The minimum absolute atomic E-state index is 0.113. The van der Waals surface area contributed by atoms with Crippen LogP contribution in [0.4, 0.5) is 5.82 Å². The van der Waals surface area contributed by atoms with Crippen molar-refractivity contribution in [3.8, 4) is 0 Å². The Balaban J connectivity index is 2.10. The molecule has 0 bridgehead atoms. The standard InChI is InChI=1S/C11H10ClN3O2S/c12-10-6-14-11(7-13-10)15-18(16,17)8-9-4-2-1-3-5-9/h1-7H,8H2,(H,14,15). The van der Waals surface area contributed by atoms with Gasteiger partial charge in [-0.2, -0.15) is 0 Å². The molecule has 0 aliphatic carbocycles. The SMILES string of the molecule is O=S(=O)(Cc1ccccc1)Nc1cnc(Cl)cn1. The molecular formula is C11H10ClN3O2S. The van der Waals surface area contributed by atoms with Crippen molar-refractivity contribution >= 4 is 27.4 Å². The maximum absolute atomic E-state index is 11.8. The summed E-state index contributed by atoms with van der Waals surface area (Å²) in [5, 5.41) is 0.209. The van der Waals surface area contributed by atoms with Gasteiger partial charge >= 0.3 is 0 Å². The Labute approximate surface area is 110 Å². The highest BCUT2D eigenvalue weighted by Gasteiger charge is 2.12. The van der Waals surface area contributed by atoms with E-state index in [0.29, 0.717) is 5.56 Å². The first-order valence-corrected chi connectivity index (χ1v) is 7.10. The summed E-state index contributed by atoms with van der Waals surface area (Å²) in [5.74, 6) is 0.0355. The quantitative estimate of drug-likeness (QED) is 0.932. The Hall–Kier alpha value is -1.66. The van der Waals surface area contributed by atoms with Crippen LogP contribution < -0.4 is 4.72 Å². The third-order valence-corrected chi connectivity index (χ3v) is 3.51. The van der Waals surface area contributed by atoms with Gasteiger partial charge in [0.05, 0.1) is 18.1 Å². The maximum Gasteiger partial charge on any atom is 0.238 e. The monoisotopic (exact) mass is 283 g/mol. The second kappa shape index (κ2) is 5.32. The van der Waals surface area contributed by atoms with Crippen LogP contribution in [0.3, 0.4) is 0 Å². The van der Waals surface area contributed by atoms with Gasteiger partial charge < -0.3 is 0 Å². The Morgan fingerprint density at radius 1 is 1.11 bits per heavy atom. The molecule has 0 atom stereocenters. The van der Waals surface area contributed by atoms with E-state index in [0.717, 1.165) is 0 Å². The lowest BCUT2D eigenvalue weighted by Gasteiger charge is -2.06. The molecule has 7 heteroatoms. The topological polar surface area (TPSA) is 72.0 Å². The van der Waals surface area contributed by atoms with Crippen LogP contribution in [-0.4, -0.2) is 18.4 Å². The summed E-state index contributed by atoms with van der Waals surface area (Å²) >= 11 is 5.56. The fourth-order valence-electron chi connectivity index (χ4n) is 1.35. The van der Waals surface area contributed by atoms with Gasteiger partial charge in [0, 0.05) is 0 Å². The van der Waals surface area contributed by atoms with E-state index in [9.17, 15) is 8.42 Å². The maximum atomic E-state index is 11.8. The van der Waals surface area contributed by atoms with Crippen molar-refractivity contribution in [1.82, 2.24) is 9.97 Å². The normalized spacial score (nSPS) is 11.2. The molecule has 0 fully saturated rings. The summed E-state index contributed by atoms with van der Waals surface area (Å²) in [7, 11) is -3.50. The first-order valence-electron chi connectivity index (χ1n) is 5.07. The number of aromatic nitrogens is 2. The zero-order valence-electron chi connectivity index (χ0n) is 9.25. The molecule has 94 valence electrons. The molecule has 0 saturated heterocycles. The predicted molar refractivity (Wildman–Crippen MR) is 69.7 cm³/mol. The van der Waals surface area contributed by atoms with E-state index >= 15 is 0 Å². The summed E-state index contributed by atoms with van der Waals surface area (Å²) in [5.41, 5.74) is 0.701. The molecule has 0 spiro atoms. The molecule has 0 radical (unpaired) electrons. The highest BCUT2D eigenvalue weighted by Crippen LogP contribution is 2.10. The number of halogens is 1. The van der Waals surface area contributed by atoms with E-state index in [1.54, 1.807) is 24.3 Å². The molecule has 1 heterocycles. The summed E-state index contributed by atoms with van der Waals surface area (Å²) in [4.78, 5) is 7.57. The number of benzene rings is 1. The minimum Gasteiger partial charge on any atom is -0.266 e. The molecular weight excluding hydrogens is 274 g/mol. The van der Waals surface area contributed by atoms with Crippen molar-refractivity contribution in [3.05, 3.63) is 53.4 Å². The largest absolute Gasteiger partial charge is 0.266 e. The Morgan fingerprint density at radius 2 is 1.83 bits per heavy atom. The van der Waals surface area contributed by atoms with Gasteiger partial charge in [-0.25, -0.2) is 18.4 Å². The van der Waals surface area contributed by atoms with Crippen molar-refractivity contribution in [2.45, 2.75) is 5.75 Å². The molecule has 0 amide bonds. The molecule has 5 nitrogen and oxygen atoms in total. The number of hydrogen-bond donors (Lipinski definition) is 1. The minimum atomic E-state index is -3.50. The van der Waals surface area contributed by atoms with E-state index in [1.165, 1.54) is 12.4 Å². The van der Waals surface area contributed by atoms with Crippen LogP contribution in [0.5, 0.6) is 0 Å². The van der Waals surface area contributed by atoms with Crippen LogP contribution in [0, 0.1) is 0 Å². The first-order chi connectivity index (χ1) is 8.55. The molecule has 1 N–H and O–H groups in total. The molecule has 2 rings (SSSR count). The Morgan fingerprint density at radius 3 is 2.44 bits per heavy atom. The van der Waals surface area contributed by atoms with Crippen LogP contribution in [0.2, 0.25) is 5.15 Å². The van der Waals surface area contributed by atoms with Gasteiger partial charge in [-0.3, -0.25) is 4.72 Å². The molecule has 18 heavy (non-hydrogen) atoms. The molecule has 0 unspecified atom stereocenters. The lowest BCUT2D eigenvalue weighted by Crippen LogP contribution is -2.16. The van der Waals surface area contributed by atoms with Crippen LogP contribution in [0.1, 0.15) is 5.56 Å². The molecule has 0 saturated carbocycles. The van der Waals surface area contributed by atoms with Gasteiger partial charge in [-0.15, -0.1) is 0 Å². The van der Waals surface area contributed by atoms with Gasteiger partial charge in [0.1, 0.15) is 5.15 Å². The van der Waals surface area contributed by atoms with Crippen molar-refractivity contribution < 1.29 is 8.42 Å². The Bertz CT molecular complexity index is 614. The van der Waals surface area contributed by atoms with Crippen LogP contribution >= 0.6 is 11.6 Å². The second-order valence-electron chi connectivity index (χ2n) is 3.57. The fourth-order valence-corrected chi connectivity index (χ4v) is 2.58. The molecule has 0 aliphatic rings. The fraction of sp³-hybridized carbons (Fsp3) is 0.0909. The molecule has 1 aromatic carbocycles. The van der Waals surface area contributed by atoms with E-state index < -0.39 is 10.0 Å². The number of nitrogens with one attached hydrogen (secondary N) is 1. The third kappa shape index (κ3) is 3.68. The van der Waals surface area contributed by atoms with Crippen molar-refractivity contribution in [2.24, 2.45) is 0 Å². The zero-order chi connectivity index (χ0) is 13.0. The Kier molecular flexibility index (Phi) is 3.78. The van der Waals surface area contributed by atoms with Gasteiger partial charge in [-0.05, 0) is 5.56 Å². The highest BCUT2D eigenvalue weighted by atomic mass is 35.5. The van der Waals surface area contributed by atoms with Crippen LogP contribution in [0.25, 0.3) is 0 Å².